The fraction of sp³-hybridized carbons (Fsp3) is 0.850. The van der Waals surface area contributed by atoms with Crippen molar-refractivity contribution >= 4 is 11.9 Å². The molecular formula is C20H29NO4. The third-order valence-electron chi connectivity index (χ3n) is 6.65. The first-order valence-electron chi connectivity index (χ1n) is 9.28. The average Bonchev–Trinajstić information content (AvgIpc) is 3.07. The molecule has 1 saturated heterocycles. The summed E-state index contributed by atoms with van der Waals surface area (Å²) in [6.07, 6.45) is 1.08. The van der Waals surface area contributed by atoms with E-state index in [1.165, 1.54) is 0 Å². The molecule has 0 amide bonds. The van der Waals surface area contributed by atoms with E-state index in [9.17, 15) is 14.9 Å². The van der Waals surface area contributed by atoms with Crippen LogP contribution in [-0.2, 0) is 19.1 Å². The number of hydrogen-bond donors (Lipinski definition) is 0. The monoisotopic (exact) mass is 347 g/mol. The van der Waals surface area contributed by atoms with Crippen LogP contribution in [0.5, 0.6) is 0 Å². The lowest BCUT2D eigenvalue weighted by Gasteiger charge is -2.39. The molecule has 3 rings (SSSR count). The van der Waals surface area contributed by atoms with Gasteiger partial charge < -0.3 is 9.47 Å². The van der Waals surface area contributed by atoms with E-state index in [0.29, 0.717) is 6.42 Å². The zero-order valence-corrected chi connectivity index (χ0v) is 16.1. The van der Waals surface area contributed by atoms with Crippen LogP contribution in [0.15, 0.2) is 0 Å². The molecule has 0 N–H and O–H groups in total. The van der Waals surface area contributed by atoms with Gasteiger partial charge in [0.15, 0.2) is 5.41 Å². The molecule has 0 aromatic heterocycles. The number of nitrogens with zero attached hydrogens (tertiary/aromatic N) is 1. The van der Waals surface area contributed by atoms with Gasteiger partial charge >= 0.3 is 11.9 Å². The van der Waals surface area contributed by atoms with E-state index in [1.807, 2.05) is 20.8 Å². The van der Waals surface area contributed by atoms with Crippen LogP contribution in [0.25, 0.3) is 0 Å². The lowest BCUT2D eigenvalue weighted by atomic mass is 9.68. The van der Waals surface area contributed by atoms with Crippen molar-refractivity contribution in [1.82, 2.24) is 0 Å². The maximum Gasteiger partial charge on any atom is 0.327 e. The number of esters is 2. The summed E-state index contributed by atoms with van der Waals surface area (Å²) in [6.45, 7) is 12.4. The van der Waals surface area contributed by atoms with Crippen LogP contribution < -0.4 is 0 Å². The Hall–Kier alpha value is -1.57. The van der Waals surface area contributed by atoms with Crippen LogP contribution in [-0.4, -0.2) is 24.1 Å². The smallest absolute Gasteiger partial charge is 0.327 e. The predicted octanol–water partition coefficient (Wildman–Crippen LogP) is 3.47. The number of nitriles is 1. The topological polar surface area (TPSA) is 76.4 Å². The van der Waals surface area contributed by atoms with Gasteiger partial charge in [0.25, 0.3) is 0 Å². The second kappa shape index (κ2) is 5.46. The van der Waals surface area contributed by atoms with E-state index < -0.39 is 29.0 Å². The Labute approximate surface area is 150 Å². The largest absolute Gasteiger partial charge is 0.458 e. The van der Waals surface area contributed by atoms with Crippen LogP contribution in [0.4, 0.5) is 0 Å². The Bertz CT molecular complexity index is 643. The first kappa shape index (κ1) is 18.2. The standard InChI is InChI=1S/C20H29NO4/c1-11(2)19(6,9-18(3,4)5)16(22)24-14-12-7-13-15(14)25-17(23)20(13,8-12)10-21/h11-15H,7-9H2,1-6H3. The first-order chi connectivity index (χ1) is 11.4. The van der Waals surface area contributed by atoms with Crippen LogP contribution >= 0.6 is 0 Å². The highest BCUT2D eigenvalue weighted by Gasteiger charge is 2.72. The fourth-order valence-corrected chi connectivity index (χ4v) is 5.16. The average molecular weight is 347 g/mol. The second-order valence-electron chi connectivity index (χ2n) is 9.94. The Morgan fingerprint density at radius 3 is 2.56 bits per heavy atom. The molecule has 2 bridgehead atoms. The van der Waals surface area contributed by atoms with E-state index in [4.69, 9.17) is 9.47 Å². The van der Waals surface area contributed by atoms with Gasteiger partial charge in [0.05, 0.1) is 11.5 Å². The minimum absolute atomic E-state index is 0.00249. The van der Waals surface area contributed by atoms with Crippen molar-refractivity contribution < 1.29 is 19.1 Å². The summed E-state index contributed by atoms with van der Waals surface area (Å²) in [6, 6.07) is 2.19. The number of carbonyl (C=O) groups is 2. The van der Waals surface area contributed by atoms with E-state index in [1.54, 1.807) is 0 Å². The van der Waals surface area contributed by atoms with E-state index in [0.717, 1.165) is 12.8 Å². The molecule has 0 spiro atoms. The van der Waals surface area contributed by atoms with Crippen LogP contribution in [0.1, 0.15) is 60.8 Å². The van der Waals surface area contributed by atoms with Gasteiger partial charge in [-0.25, -0.2) is 0 Å². The normalized spacial score (nSPS) is 38.4. The molecule has 5 nitrogen and oxygen atoms in total. The van der Waals surface area contributed by atoms with E-state index >= 15 is 0 Å². The van der Waals surface area contributed by atoms with E-state index in [2.05, 4.69) is 26.8 Å². The molecule has 6 unspecified atom stereocenters. The number of ether oxygens (including phenoxy) is 2. The van der Waals surface area contributed by atoms with Crippen molar-refractivity contribution in [2.24, 2.45) is 34.0 Å². The number of rotatable bonds is 4. The molecule has 1 aliphatic heterocycles. The molecule has 0 aromatic carbocycles. The van der Waals surface area contributed by atoms with E-state index in [-0.39, 0.29) is 29.1 Å². The number of carbonyl (C=O) groups excluding carboxylic acids is 2. The van der Waals surface area contributed by atoms with Gasteiger partial charge in [0.2, 0.25) is 0 Å². The fourth-order valence-electron chi connectivity index (χ4n) is 5.16. The molecule has 0 radical (unpaired) electrons. The second-order valence-corrected chi connectivity index (χ2v) is 9.94. The third kappa shape index (κ3) is 2.56. The Kier molecular flexibility index (Phi) is 3.98. The highest BCUT2D eigenvalue weighted by molar-refractivity contribution is 5.84. The molecule has 5 heteroatoms. The van der Waals surface area contributed by atoms with Crippen molar-refractivity contribution in [3.05, 3.63) is 0 Å². The van der Waals surface area contributed by atoms with Crippen molar-refractivity contribution in [2.45, 2.75) is 73.0 Å². The van der Waals surface area contributed by atoms with Gasteiger partial charge in [0.1, 0.15) is 12.2 Å². The lowest BCUT2D eigenvalue weighted by Crippen LogP contribution is -2.45. The number of hydrogen-bond acceptors (Lipinski definition) is 5. The highest BCUT2D eigenvalue weighted by atomic mass is 16.6. The zero-order valence-electron chi connectivity index (χ0n) is 16.1. The summed E-state index contributed by atoms with van der Waals surface area (Å²) in [7, 11) is 0. The van der Waals surface area contributed by atoms with Crippen molar-refractivity contribution in [3.8, 4) is 6.07 Å². The molecule has 0 aromatic rings. The maximum atomic E-state index is 13.1. The molecule has 2 saturated carbocycles. The number of fused-ring (bicyclic) bond motifs is 1. The summed E-state index contributed by atoms with van der Waals surface area (Å²) in [5.74, 6) is -0.563. The summed E-state index contributed by atoms with van der Waals surface area (Å²) in [5.41, 5.74) is -1.58. The Balaban J connectivity index is 1.79. The van der Waals surface area contributed by atoms with Gasteiger partial charge in [-0.1, -0.05) is 34.6 Å². The zero-order chi connectivity index (χ0) is 18.8. The summed E-state index contributed by atoms with van der Waals surface area (Å²) >= 11 is 0. The first-order valence-corrected chi connectivity index (χ1v) is 9.28. The van der Waals surface area contributed by atoms with Crippen molar-refractivity contribution in [3.63, 3.8) is 0 Å². The molecule has 138 valence electrons. The van der Waals surface area contributed by atoms with Crippen molar-refractivity contribution in [2.75, 3.05) is 0 Å². The van der Waals surface area contributed by atoms with Gasteiger partial charge in [-0.05, 0) is 37.5 Å². The highest BCUT2D eigenvalue weighted by Crippen LogP contribution is 2.62. The Morgan fingerprint density at radius 1 is 1.40 bits per heavy atom. The van der Waals surface area contributed by atoms with Gasteiger partial charge in [-0.3, -0.25) is 9.59 Å². The molecular weight excluding hydrogens is 318 g/mol. The maximum absolute atomic E-state index is 13.1. The van der Waals surface area contributed by atoms with Gasteiger partial charge in [-0.15, -0.1) is 0 Å². The van der Waals surface area contributed by atoms with Gasteiger partial charge in [0, 0.05) is 11.8 Å². The SMILES string of the molecule is CC(C)C(C)(CC(C)(C)C)C(=O)OC1C2CC3C1OC(=O)C3(C#N)C2. The molecule has 2 aliphatic carbocycles. The molecule has 3 aliphatic rings. The quantitative estimate of drug-likeness (QED) is 0.728. The summed E-state index contributed by atoms with van der Waals surface area (Å²) in [5, 5.41) is 9.47. The summed E-state index contributed by atoms with van der Waals surface area (Å²) in [4.78, 5) is 25.3. The van der Waals surface area contributed by atoms with Crippen LogP contribution in [0.2, 0.25) is 0 Å². The van der Waals surface area contributed by atoms with Gasteiger partial charge in [-0.2, -0.15) is 5.26 Å². The lowest BCUT2D eigenvalue weighted by molar-refractivity contribution is -0.175. The summed E-state index contributed by atoms with van der Waals surface area (Å²) < 4.78 is 11.4. The predicted molar refractivity (Wildman–Crippen MR) is 91.0 cm³/mol. The Morgan fingerprint density at radius 2 is 2.04 bits per heavy atom. The molecule has 3 fully saturated rings. The minimum atomic E-state index is -0.995. The molecule has 6 atom stereocenters. The molecule has 1 heterocycles. The minimum Gasteiger partial charge on any atom is -0.458 e. The van der Waals surface area contributed by atoms with Crippen LogP contribution in [0, 0.1) is 45.3 Å². The third-order valence-corrected chi connectivity index (χ3v) is 6.65. The van der Waals surface area contributed by atoms with Crippen LogP contribution in [0.3, 0.4) is 0 Å². The van der Waals surface area contributed by atoms with Crippen molar-refractivity contribution in [1.29, 1.82) is 5.26 Å². The molecule has 25 heavy (non-hydrogen) atoms.